The summed E-state index contributed by atoms with van der Waals surface area (Å²) in [5.41, 5.74) is 3.67. The molecule has 0 spiro atoms. The first-order valence-corrected chi connectivity index (χ1v) is 5.32. The summed E-state index contributed by atoms with van der Waals surface area (Å²) in [7, 11) is 0. The van der Waals surface area contributed by atoms with Crippen molar-refractivity contribution in [3.05, 3.63) is 17.3 Å². The maximum absolute atomic E-state index is 4.42. The van der Waals surface area contributed by atoms with Crippen molar-refractivity contribution in [3.63, 3.8) is 0 Å². The highest BCUT2D eigenvalue weighted by Crippen LogP contribution is 2.25. The fourth-order valence-corrected chi connectivity index (χ4v) is 2.36. The summed E-state index contributed by atoms with van der Waals surface area (Å²) in [5.74, 6) is 0. The molecule has 2 aromatic rings. The lowest BCUT2D eigenvalue weighted by molar-refractivity contribution is 1.08. The Kier molecular flexibility index (Phi) is 1.50. The van der Waals surface area contributed by atoms with Gasteiger partial charge in [0.15, 0.2) is 0 Å². The zero-order chi connectivity index (χ0) is 8.67. The van der Waals surface area contributed by atoms with Crippen LogP contribution in [0.15, 0.2) is 21.6 Å². The van der Waals surface area contributed by atoms with Crippen LogP contribution in [0.3, 0.4) is 0 Å². The van der Waals surface area contributed by atoms with E-state index in [1.807, 2.05) is 6.07 Å². The van der Waals surface area contributed by atoms with Gasteiger partial charge < -0.3 is 0 Å². The summed E-state index contributed by atoms with van der Waals surface area (Å²) < 4.78 is 0. The number of rotatable bonds is 0. The van der Waals surface area contributed by atoms with Crippen LogP contribution in [0, 0.1) is 0 Å². The van der Waals surface area contributed by atoms with Gasteiger partial charge in [-0.05, 0) is 6.07 Å². The minimum Gasteiger partial charge on any atom is -0.247 e. The number of aromatic nitrogens is 2. The van der Waals surface area contributed by atoms with Crippen LogP contribution in [0.1, 0.15) is 5.69 Å². The molecule has 3 rings (SSSR count). The molecule has 0 radical (unpaired) electrons. The molecule has 64 valence electrons. The van der Waals surface area contributed by atoms with Crippen molar-refractivity contribution in [2.75, 3.05) is 0 Å². The van der Waals surface area contributed by atoms with Crippen molar-refractivity contribution in [2.45, 2.75) is 4.90 Å². The Morgan fingerprint density at radius 3 is 3.38 bits per heavy atom. The van der Waals surface area contributed by atoms with Crippen molar-refractivity contribution < 1.29 is 0 Å². The monoisotopic (exact) mass is 208 g/mol. The Morgan fingerprint density at radius 1 is 1.38 bits per heavy atom. The van der Waals surface area contributed by atoms with E-state index in [0.29, 0.717) is 0 Å². The highest BCUT2D eigenvalue weighted by atomic mass is 32.2. The van der Waals surface area contributed by atoms with Crippen molar-refractivity contribution in [3.8, 4) is 0 Å². The number of hydrogen-bond acceptors (Lipinski definition) is 6. The largest absolute Gasteiger partial charge is 0.247 e. The van der Waals surface area contributed by atoms with Crippen LogP contribution in [0.4, 0.5) is 0 Å². The fraction of sp³-hybridized carbons (Fsp3) is 0. The third-order valence-electron chi connectivity index (χ3n) is 1.71. The van der Waals surface area contributed by atoms with Gasteiger partial charge in [-0.2, -0.15) is 5.10 Å². The van der Waals surface area contributed by atoms with E-state index in [-0.39, 0.29) is 0 Å². The maximum Gasteiger partial charge on any atom is 0.144 e. The smallest absolute Gasteiger partial charge is 0.144 e. The molecular formula is C7H4N4S2. The van der Waals surface area contributed by atoms with Crippen LogP contribution >= 0.6 is 23.3 Å². The van der Waals surface area contributed by atoms with E-state index in [1.54, 1.807) is 23.1 Å². The number of thiazole rings is 1. The normalized spacial score (nSPS) is 14.2. The maximum atomic E-state index is 4.42. The van der Waals surface area contributed by atoms with E-state index >= 15 is 0 Å². The summed E-state index contributed by atoms with van der Waals surface area (Å²) in [5, 5.41) is 3.92. The molecule has 1 N–H and O–H groups in total. The Bertz CT molecular complexity index is 490. The molecule has 0 aliphatic carbocycles. The van der Waals surface area contributed by atoms with Crippen molar-refractivity contribution in [1.82, 2.24) is 14.8 Å². The molecule has 4 nitrogen and oxygen atoms in total. The molecule has 0 fully saturated rings. The van der Waals surface area contributed by atoms with Crippen LogP contribution in [-0.4, -0.2) is 16.2 Å². The van der Waals surface area contributed by atoms with E-state index in [1.165, 1.54) is 11.9 Å². The fourth-order valence-electron chi connectivity index (χ4n) is 1.13. The first-order chi connectivity index (χ1) is 6.43. The minimum atomic E-state index is 0.917. The van der Waals surface area contributed by atoms with E-state index < -0.39 is 0 Å². The van der Waals surface area contributed by atoms with Gasteiger partial charge in [-0.15, -0.1) is 11.3 Å². The standard InChI is InChI=1S/C7H4N4S2/c1-4-7(12-3-8-4)10-5-2-9-11-13-6(1)5/h1-3,11H. The third kappa shape index (κ3) is 1.10. The van der Waals surface area contributed by atoms with Gasteiger partial charge >= 0.3 is 0 Å². The Hall–Kier alpha value is -1.14. The molecular weight excluding hydrogens is 204 g/mol. The lowest BCUT2D eigenvalue weighted by Gasteiger charge is -2.07. The molecule has 0 saturated heterocycles. The number of hydrazone groups is 1. The van der Waals surface area contributed by atoms with E-state index in [2.05, 4.69) is 19.9 Å². The van der Waals surface area contributed by atoms with Gasteiger partial charge in [0, 0.05) is 11.9 Å². The molecule has 0 atom stereocenters. The van der Waals surface area contributed by atoms with Crippen LogP contribution in [0.25, 0.3) is 10.3 Å². The molecule has 3 heterocycles. The average molecular weight is 208 g/mol. The molecule has 6 heteroatoms. The average Bonchev–Trinajstić information content (AvgIpc) is 2.61. The molecule has 0 saturated carbocycles. The summed E-state index contributed by atoms with van der Waals surface area (Å²) in [6.45, 7) is 0. The lowest BCUT2D eigenvalue weighted by atomic mass is 10.3. The molecule has 0 unspecified atom stereocenters. The van der Waals surface area contributed by atoms with Gasteiger partial charge in [0.1, 0.15) is 16.0 Å². The van der Waals surface area contributed by atoms with Crippen molar-refractivity contribution in [1.29, 1.82) is 0 Å². The number of nitrogens with one attached hydrogen (secondary N) is 1. The number of nitrogens with zero attached hydrogens (tertiary/aromatic N) is 3. The second kappa shape index (κ2) is 2.68. The molecule has 1 aliphatic heterocycles. The van der Waals surface area contributed by atoms with Crippen molar-refractivity contribution in [2.24, 2.45) is 5.10 Å². The highest BCUT2D eigenvalue weighted by molar-refractivity contribution is 7.97. The summed E-state index contributed by atoms with van der Waals surface area (Å²) in [6, 6.07) is 2.02. The molecule has 1 aliphatic rings. The Balaban J connectivity index is 2.36. The molecule has 2 aromatic heterocycles. The molecule has 0 amide bonds. The summed E-state index contributed by atoms with van der Waals surface area (Å²) >= 11 is 3.01. The summed E-state index contributed by atoms with van der Waals surface area (Å²) in [4.78, 5) is 13.5. The Labute approximate surface area is 82.2 Å². The predicted octanol–water partition coefficient (Wildman–Crippen LogP) is 1.64. The van der Waals surface area contributed by atoms with Gasteiger partial charge in [-0.1, -0.05) is 0 Å². The second-order valence-corrected chi connectivity index (χ2v) is 4.16. The minimum absolute atomic E-state index is 0.917. The molecule has 13 heavy (non-hydrogen) atoms. The zero-order valence-corrected chi connectivity index (χ0v) is 8.02. The van der Waals surface area contributed by atoms with Crippen LogP contribution < -0.4 is 4.83 Å². The van der Waals surface area contributed by atoms with Crippen LogP contribution in [-0.2, 0) is 0 Å². The predicted molar refractivity (Wildman–Crippen MR) is 54.0 cm³/mol. The van der Waals surface area contributed by atoms with Crippen LogP contribution in [0.2, 0.25) is 0 Å². The van der Waals surface area contributed by atoms with Gasteiger partial charge in [-0.25, -0.2) is 14.8 Å². The molecule has 0 aromatic carbocycles. The quantitative estimate of drug-likeness (QED) is 0.669. The topological polar surface area (TPSA) is 50.2 Å². The zero-order valence-electron chi connectivity index (χ0n) is 6.39. The lowest BCUT2D eigenvalue weighted by Crippen LogP contribution is -2.04. The molecule has 0 bridgehead atoms. The highest BCUT2D eigenvalue weighted by Gasteiger charge is 2.10. The number of fused-ring (bicyclic) bond motifs is 2. The second-order valence-electron chi connectivity index (χ2n) is 2.50. The van der Waals surface area contributed by atoms with E-state index in [9.17, 15) is 0 Å². The van der Waals surface area contributed by atoms with Gasteiger partial charge in [0.25, 0.3) is 0 Å². The van der Waals surface area contributed by atoms with Crippen molar-refractivity contribution >= 4 is 39.8 Å². The van der Waals surface area contributed by atoms with Gasteiger partial charge in [0.2, 0.25) is 0 Å². The Morgan fingerprint density at radius 2 is 2.38 bits per heavy atom. The summed E-state index contributed by atoms with van der Waals surface area (Å²) in [6.07, 6.45) is 1.73. The van der Waals surface area contributed by atoms with E-state index in [0.717, 1.165) is 20.9 Å². The number of hydrogen-bond donors (Lipinski definition) is 1. The third-order valence-corrected chi connectivity index (χ3v) is 3.19. The first-order valence-electron chi connectivity index (χ1n) is 3.62. The van der Waals surface area contributed by atoms with Gasteiger partial charge in [-0.3, -0.25) is 0 Å². The number of pyridine rings is 1. The van der Waals surface area contributed by atoms with Gasteiger partial charge in [0.05, 0.1) is 16.6 Å². The first kappa shape index (κ1) is 7.28. The van der Waals surface area contributed by atoms with Crippen LogP contribution in [0.5, 0.6) is 0 Å². The van der Waals surface area contributed by atoms with E-state index in [4.69, 9.17) is 0 Å². The SMILES string of the molecule is C1=NNSc2cc3ncsc3nc21.